The molecule has 0 aromatic heterocycles. The molecular formula is C21H30N4O4S. The maximum absolute atomic E-state index is 13.0. The van der Waals surface area contributed by atoms with Crippen LogP contribution in [0.2, 0.25) is 0 Å². The highest BCUT2D eigenvalue weighted by atomic mass is 32.2. The molecule has 2 N–H and O–H groups in total. The van der Waals surface area contributed by atoms with Crippen LogP contribution in [0.3, 0.4) is 0 Å². The highest BCUT2D eigenvalue weighted by Gasteiger charge is 2.43. The summed E-state index contributed by atoms with van der Waals surface area (Å²) in [6.07, 6.45) is 3.60. The van der Waals surface area contributed by atoms with Crippen LogP contribution in [-0.2, 0) is 14.6 Å². The second kappa shape index (κ2) is 8.93. The molecule has 1 aromatic rings. The van der Waals surface area contributed by atoms with Crippen molar-refractivity contribution in [2.75, 3.05) is 43.0 Å². The van der Waals surface area contributed by atoms with E-state index in [1.165, 1.54) is 0 Å². The van der Waals surface area contributed by atoms with Gasteiger partial charge in [0, 0.05) is 24.8 Å². The van der Waals surface area contributed by atoms with Gasteiger partial charge in [0.25, 0.3) is 0 Å². The number of nitrogens with one attached hydrogen (secondary N) is 2. The van der Waals surface area contributed by atoms with Gasteiger partial charge in [-0.1, -0.05) is 18.2 Å². The molecule has 3 unspecified atom stereocenters. The summed E-state index contributed by atoms with van der Waals surface area (Å²) in [7, 11) is -3.15. The van der Waals surface area contributed by atoms with E-state index in [-0.39, 0.29) is 41.4 Å². The molecule has 0 bridgehead atoms. The lowest BCUT2D eigenvalue weighted by Gasteiger charge is -2.34. The third kappa shape index (κ3) is 4.95. The number of benzene rings is 1. The molecule has 3 heterocycles. The summed E-state index contributed by atoms with van der Waals surface area (Å²) in [5.74, 6) is -0.333. The number of nitrogens with zero attached hydrogens (tertiary/aromatic N) is 2. The molecule has 3 aliphatic heterocycles. The van der Waals surface area contributed by atoms with Crippen LogP contribution in [0.25, 0.3) is 0 Å². The lowest BCUT2D eigenvalue weighted by Crippen LogP contribution is -2.54. The first kappa shape index (κ1) is 21.1. The van der Waals surface area contributed by atoms with Crippen molar-refractivity contribution in [2.45, 2.75) is 37.8 Å². The number of urea groups is 1. The number of carbonyl (C=O) groups excluding carboxylic acids is 2. The van der Waals surface area contributed by atoms with Crippen molar-refractivity contribution in [1.29, 1.82) is 0 Å². The van der Waals surface area contributed by atoms with Gasteiger partial charge in [0.15, 0.2) is 9.84 Å². The molecule has 3 saturated heterocycles. The Labute approximate surface area is 177 Å². The smallest absolute Gasteiger partial charge is 0.321 e. The summed E-state index contributed by atoms with van der Waals surface area (Å²) in [6, 6.07) is 8.53. The fraction of sp³-hybridized carbons (Fsp3) is 0.619. The third-order valence-electron chi connectivity index (χ3n) is 6.36. The molecule has 0 saturated carbocycles. The van der Waals surface area contributed by atoms with E-state index in [1.807, 2.05) is 30.3 Å². The zero-order valence-corrected chi connectivity index (χ0v) is 17.9. The molecule has 9 heteroatoms. The van der Waals surface area contributed by atoms with Crippen LogP contribution in [0.1, 0.15) is 25.7 Å². The normalized spacial score (nSPS) is 28.9. The van der Waals surface area contributed by atoms with Crippen LogP contribution in [-0.4, -0.2) is 79.9 Å². The zero-order valence-electron chi connectivity index (χ0n) is 17.1. The number of amides is 3. The Morgan fingerprint density at radius 3 is 2.43 bits per heavy atom. The van der Waals surface area contributed by atoms with E-state index in [4.69, 9.17) is 0 Å². The van der Waals surface area contributed by atoms with Gasteiger partial charge in [-0.05, 0) is 50.9 Å². The van der Waals surface area contributed by atoms with Gasteiger partial charge in [-0.3, -0.25) is 9.69 Å². The predicted octanol–water partition coefficient (Wildman–Crippen LogP) is 1.31. The van der Waals surface area contributed by atoms with Crippen LogP contribution in [0.5, 0.6) is 0 Å². The Morgan fingerprint density at radius 2 is 1.70 bits per heavy atom. The fourth-order valence-electron chi connectivity index (χ4n) is 4.80. The summed E-state index contributed by atoms with van der Waals surface area (Å²) < 4.78 is 24.5. The first-order chi connectivity index (χ1) is 14.4. The van der Waals surface area contributed by atoms with Crippen LogP contribution >= 0.6 is 0 Å². The summed E-state index contributed by atoms with van der Waals surface area (Å²) in [4.78, 5) is 29.4. The van der Waals surface area contributed by atoms with Gasteiger partial charge in [0.1, 0.15) is 0 Å². The Balaban J connectivity index is 1.36. The maximum Gasteiger partial charge on any atom is 0.321 e. The van der Waals surface area contributed by atoms with Crippen molar-refractivity contribution >= 4 is 27.5 Å². The molecule has 164 valence electrons. The standard InChI is InChI=1S/C21H30N4O4S/c26-20(23-18-14-30(28,29)15-19(18)24-10-4-5-11-24)16-7-6-12-25(13-16)21(27)22-17-8-2-1-3-9-17/h1-3,8-9,16,18-19H,4-7,10-15H2,(H,22,27)(H,23,26). The second-order valence-corrected chi connectivity index (χ2v) is 10.7. The molecule has 30 heavy (non-hydrogen) atoms. The van der Waals surface area contributed by atoms with E-state index in [1.54, 1.807) is 4.90 Å². The Kier molecular flexibility index (Phi) is 6.29. The topological polar surface area (TPSA) is 98.8 Å². The van der Waals surface area contributed by atoms with Gasteiger partial charge < -0.3 is 15.5 Å². The molecule has 3 atom stereocenters. The minimum atomic E-state index is -3.15. The van der Waals surface area contributed by atoms with Gasteiger partial charge >= 0.3 is 6.03 Å². The van der Waals surface area contributed by atoms with Crippen molar-refractivity contribution in [3.05, 3.63) is 30.3 Å². The first-order valence-electron chi connectivity index (χ1n) is 10.8. The Hall–Kier alpha value is -2.13. The minimum absolute atomic E-state index is 0.00480. The van der Waals surface area contributed by atoms with E-state index in [0.717, 1.165) is 38.0 Å². The Bertz CT molecular complexity index is 870. The van der Waals surface area contributed by atoms with E-state index in [2.05, 4.69) is 15.5 Å². The van der Waals surface area contributed by atoms with E-state index in [9.17, 15) is 18.0 Å². The summed E-state index contributed by atoms with van der Waals surface area (Å²) in [6.45, 7) is 2.74. The van der Waals surface area contributed by atoms with Crippen LogP contribution in [0.15, 0.2) is 30.3 Å². The first-order valence-corrected chi connectivity index (χ1v) is 12.6. The molecule has 3 amide bonds. The molecular weight excluding hydrogens is 404 g/mol. The lowest BCUT2D eigenvalue weighted by atomic mass is 9.96. The predicted molar refractivity (Wildman–Crippen MR) is 115 cm³/mol. The molecule has 0 spiro atoms. The van der Waals surface area contributed by atoms with Crippen LogP contribution in [0, 0.1) is 5.92 Å². The number of likely N-dealkylation sites (tertiary alicyclic amines) is 2. The number of sulfone groups is 1. The fourth-order valence-corrected chi connectivity index (χ4v) is 6.75. The lowest BCUT2D eigenvalue weighted by molar-refractivity contribution is -0.127. The van der Waals surface area contributed by atoms with Gasteiger partial charge in [-0.15, -0.1) is 0 Å². The highest BCUT2D eigenvalue weighted by Crippen LogP contribution is 2.24. The van der Waals surface area contributed by atoms with Gasteiger partial charge in [0.05, 0.1) is 23.5 Å². The van der Waals surface area contributed by atoms with Crippen molar-refractivity contribution in [3.8, 4) is 0 Å². The average Bonchev–Trinajstić information content (AvgIpc) is 3.36. The average molecular weight is 435 g/mol. The number of carbonyl (C=O) groups is 2. The molecule has 3 aliphatic rings. The maximum atomic E-state index is 13.0. The summed E-state index contributed by atoms with van der Waals surface area (Å²) >= 11 is 0. The molecule has 3 fully saturated rings. The van der Waals surface area contributed by atoms with Crippen LogP contribution < -0.4 is 10.6 Å². The van der Waals surface area contributed by atoms with E-state index in [0.29, 0.717) is 19.5 Å². The number of piperidine rings is 1. The van der Waals surface area contributed by atoms with Gasteiger partial charge in [0.2, 0.25) is 5.91 Å². The second-order valence-electron chi connectivity index (χ2n) is 8.58. The molecule has 0 aliphatic carbocycles. The Morgan fingerprint density at radius 1 is 0.967 bits per heavy atom. The zero-order chi connectivity index (χ0) is 21.1. The van der Waals surface area contributed by atoms with Crippen molar-refractivity contribution in [1.82, 2.24) is 15.1 Å². The third-order valence-corrected chi connectivity index (χ3v) is 8.08. The van der Waals surface area contributed by atoms with E-state index < -0.39 is 9.84 Å². The number of anilines is 1. The minimum Gasteiger partial charge on any atom is -0.350 e. The van der Waals surface area contributed by atoms with Crippen molar-refractivity contribution < 1.29 is 18.0 Å². The number of rotatable bonds is 4. The summed E-state index contributed by atoms with van der Waals surface area (Å²) in [5.41, 5.74) is 0.721. The SMILES string of the molecule is O=C(NC1CS(=O)(=O)CC1N1CCCC1)C1CCCN(C(=O)Nc2ccccc2)C1. The molecule has 1 aromatic carbocycles. The van der Waals surface area contributed by atoms with Gasteiger partial charge in [-0.25, -0.2) is 13.2 Å². The number of para-hydroxylation sites is 1. The highest BCUT2D eigenvalue weighted by molar-refractivity contribution is 7.91. The van der Waals surface area contributed by atoms with Crippen LogP contribution in [0.4, 0.5) is 10.5 Å². The van der Waals surface area contributed by atoms with Gasteiger partial charge in [-0.2, -0.15) is 0 Å². The number of hydrogen-bond acceptors (Lipinski definition) is 5. The van der Waals surface area contributed by atoms with Crippen molar-refractivity contribution in [2.24, 2.45) is 5.92 Å². The van der Waals surface area contributed by atoms with E-state index >= 15 is 0 Å². The largest absolute Gasteiger partial charge is 0.350 e. The molecule has 0 radical (unpaired) electrons. The molecule has 8 nitrogen and oxygen atoms in total. The number of hydrogen-bond donors (Lipinski definition) is 2. The monoisotopic (exact) mass is 434 g/mol. The summed E-state index contributed by atoms with van der Waals surface area (Å²) in [5, 5.41) is 5.89. The molecule has 4 rings (SSSR count). The quantitative estimate of drug-likeness (QED) is 0.745. The van der Waals surface area contributed by atoms with Crippen molar-refractivity contribution in [3.63, 3.8) is 0 Å².